The predicted molar refractivity (Wildman–Crippen MR) is 113 cm³/mol. The largest absolute Gasteiger partial charge is 0.0620 e. The van der Waals surface area contributed by atoms with Crippen LogP contribution in [0.2, 0.25) is 0 Å². The maximum absolute atomic E-state index is 2.55. The second-order valence-electron chi connectivity index (χ2n) is 8.94. The van der Waals surface area contributed by atoms with E-state index in [1.54, 1.807) is 22.3 Å². The topological polar surface area (TPSA) is 0 Å². The summed E-state index contributed by atoms with van der Waals surface area (Å²) in [5, 5.41) is 0. The number of hydrogen-bond acceptors (Lipinski definition) is 0. The molecule has 0 N–H and O–H groups in total. The normalized spacial score (nSPS) is 18.6. The summed E-state index contributed by atoms with van der Waals surface area (Å²) in [5.74, 6) is 0. The van der Waals surface area contributed by atoms with Gasteiger partial charge in [0, 0.05) is 0 Å². The van der Waals surface area contributed by atoms with Gasteiger partial charge in [-0.3, -0.25) is 0 Å². The molecule has 0 nitrogen and oxygen atoms in total. The van der Waals surface area contributed by atoms with Gasteiger partial charge >= 0.3 is 0 Å². The maximum Gasteiger partial charge on any atom is -0.00400 e. The number of hydrogen-bond donors (Lipinski definition) is 0. The van der Waals surface area contributed by atoms with Gasteiger partial charge in [0.25, 0.3) is 0 Å². The van der Waals surface area contributed by atoms with Gasteiger partial charge in [-0.25, -0.2) is 0 Å². The van der Waals surface area contributed by atoms with Gasteiger partial charge in [0.15, 0.2) is 0 Å². The van der Waals surface area contributed by atoms with Crippen molar-refractivity contribution in [2.45, 2.75) is 57.3 Å². The number of benzene rings is 3. The van der Waals surface area contributed by atoms with Crippen LogP contribution in [-0.2, 0) is 24.7 Å². The van der Waals surface area contributed by atoms with E-state index in [1.807, 2.05) is 0 Å². The van der Waals surface area contributed by atoms with Gasteiger partial charge < -0.3 is 0 Å². The van der Waals surface area contributed by atoms with Crippen molar-refractivity contribution in [2.75, 3.05) is 0 Å². The molecular formula is C27H26. The van der Waals surface area contributed by atoms with Crippen LogP contribution >= 0.6 is 0 Å². The molecule has 3 aliphatic carbocycles. The summed E-state index contributed by atoms with van der Waals surface area (Å²) in [6.07, 6.45) is 9.24. The molecule has 1 spiro atoms. The smallest absolute Gasteiger partial charge is 0.00400 e. The van der Waals surface area contributed by atoms with Crippen molar-refractivity contribution in [2.24, 2.45) is 0 Å². The van der Waals surface area contributed by atoms with Crippen molar-refractivity contribution in [1.29, 1.82) is 0 Å². The quantitative estimate of drug-likeness (QED) is 0.477. The number of rotatable bonds is 2. The maximum atomic E-state index is 2.55. The SMILES string of the molecule is Cc1ccccc1-c1cc(-c2cccc3c2CCC3)c2c(c1)C1(CC2)CC1. The van der Waals surface area contributed by atoms with Gasteiger partial charge in [0.2, 0.25) is 0 Å². The van der Waals surface area contributed by atoms with Crippen LogP contribution in [0.3, 0.4) is 0 Å². The van der Waals surface area contributed by atoms with Gasteiger partial charge in [-0.2, -0.15) is 0 Å². The summed E-state index contributed by atoms with van der Waals surface area (Å²) in [5.41, 5.74) is 14.3. The Labute approximate surface area is 162 Å². The first-order chi connectivity index (χ1) is 13.3. The van der Waals surface area contributed by atoms with E-state index in [1.165, 1.54) is 72.8 Å². The van der Waals surface area contributed by atoms with Crippen LogP contribution in [0.1, 0.15) is 53.5 Å². The average Bonchev–Trinajstić information content (AvgIpc) is 3.16. The van der Waals surface area contributed by atoms with E-state index in [4.69, 9.17) is 0 Å². The molecule has 3 aliphatic rings. The van der Waals surface area contributed by atoms with Crippen LogP contribution in [0.4, 0.5) is 0 Å². The van der Waals surface area contributed by atoms with Gasteiger partial charge in [0.1, 0.15) is 0 Å². The highest BCUT2D eigenvalue weighted by molar-refractivity contribution is 5.82. The molecule has 0 unspecified atom stereocenters. The van der Waals surface area contributed by atoms with Crippen molar-refractivity contribution >= 4 is 0 Å². The van der Waals surface area contributed by atoms with Crippen LogP contribution in [0.15, 0.2) is 54.6 Å². The Morgan fingerprint density at radius 2 is 1.56 bits per heavy atom. The van der Waals surface area contributed by atoms with E-state index in [0.717, 1.165) is 0 Å². The Hall–Kier alpha value is -2.34. The lowest BCUT2D eigenvalue weighted by Crippen LogP contribution is -2.01. The predicted octanol–water partition coefficient (Wildman–Crippen LogP) is 6.80. The Morgan fingerprint density at radius 3 is 2.41 bits per heavy atom. The highest BCUT2D eigenvalue weighted by Gasteiger charge is 2.49. The zero-order valence-corrected chi connectivity index (χ0v) is 16.1. The second-order valence-corrected chi connectivity index (χ2v) is 8.94. The molecule has 6 rings (SSSR count). The summed E-state index contributed by atoms with van der Waals surface area (Å²) in [7, 11) is 0. The molecule has 3 aromatic rings. The molecule has 0 aromatic heterocycles. The summed E-state index contributed by atoms with van der Waals surface area (Å²) in [6.45, 7) is 2.25. The van der Waals surface area contributed by atoms with Crippen molar-refractivity contribution in [3.8, 4) is 22.3 Å². The lowest BCUT2D eigenvalue weighted by molar-refractivity contribution is 0.681. The van der Waals surface area contributed by atoms with Gasteiger partial charge in [-0.15, -0.1) is 0 Å². The number of aryl methyl sites for hydroxylation is 2. The zero-order valence-electron chi connectivity index (χ0n) is 16.1. The third-order valence-electron chi connectivity index (χ3n) is 7.42. The monoisotopic (exact) mass is 350 g/mol. The van der Waals surface area contributed by atoms with E-state index >= 15 is 0 Å². The van der Waals surface area contributed by atoms with Crippen LogP contribution in [0.25, 0.3) is 22.3 Å². The first-order valence-corrected chi connectivity index (χ1v) is 10.6. The molecule has 0 atom stereocenters. The lowest BCUT2D eigenvalue weighted by Gasteiger charge is -2.18. The molecule has 0 aliphatic heterocycles. The fourth-order valence-electron chi connectivity index (χ4n) is 5.75. The third kappa shape index (κ3) is 2.29. The molecule has 0 saturated heterocycles. The van der Waals surface area contributed by atoms with Crippen molar-refractivity contribution < 1.29 is 0 Å². The third-order valence-corrected chi connectivity index (χ3v) is 7.42. The van der Waals surface area contributed by atoms with E-state index < -0.39 is 0 Å². The summed E-state index contributed by atoms with van der Waals surface area (Å²) >= 11 is 0. The highest BCUT2D eigenvalue weighted by atomic mass is 14.5. The Bertz CT molecular complexity index is 1070. The minimum Gasteiger partial charge on any atom is -0.0620 e. The molecule has 0 amide bonds. The van der Waals surface area contributed by atoms with Gasteiger partial charge in [0.05, 0.1) is 0 Å². The summed E-state index contributed by atoms with van der Waals surface area (Å²) < 4.78 is 0. The van der Waals surface area contributed by atoms with Gasteiger partial charge in [-0.05, 0) is 113 Å². The number of fused-ring (bicyclic) bond motifs is 3. The van der Waals surface area contributed by atoms with Crippen molar-refractivity contribution in [3.05, 3.63) is 82.4 Å². The van der Waals surface area contributed by atoms with Crippen LogP contribution < -0.4 is 0 Å². The average molecular weight is 351 g/mol. The molecule has 3 aromatic carbocycles. The minimum absolute atomic E-state index is 0.515. The standard InChI is InChI=1S/C27H26/c1-18-6-2-3-9-21(18)20-16-25(23-11-5-8-19-7-4-10-22(19)23)24-12-13-27(14-15-27)26(24)17-20/h2-3,5-6,8-9,11,16-17H,4,7,10,12-15H2,1H3. The van der Waals surface area contributed by atoms with E-state index in [2.05, 4.69) is 61.5 Å². The van der Waals surface area contributed by atoms with Crippen molar-refractivity contribution in [1.82, 2.24) is 0 Å². The molecule has 0 heteroatoms. The summed E-state index contributed by atoms with van der Waals surface area (Å²) in [6, 6.07) is 21.0. The van der Waals surface area contributed by atoms with Crippen LogP contribution in [0.5, 0.6) is 0 Å². The minimum atomic E-state index is 0.515. The molecule has 0 heterocycles. The highest BCUT2D eigenvalue weighted by Crippen LogP contribution is 2.59. The zero-order chi connectivity index (χ0) is 18.0. The van der Waals surface area contributed by atoms with Gasteiger partial charge in [-0.1, -0.05) is 48.5 Å². The first-order valence-electron chi connectivity index (χ1n) is 10.6. The van der Waals surface area contributed by atoms with Crippen LogP contribution in [0, 0.1) is 6.92 Å². The molecule has 1 fully saturated rings. The molecule has 1 saturated carbocycles. The molecule has 27 heavy (non-hydrogen) atoms. The van der Waals surface area contributed by atoms with E-state index in [-0.39, 0.29) is 0 Å². The Kier molecular flexibility index (Phi) is 3.24. The van der Waals surface area contributed by atoms with Crippen molar-refractivity contribution in [3.63, 3.8) is 0 Å². The van der Waals surface area contributed by atoms with E-state index in [9.17, 15) is 0 Å². The first kappa shape index (κ1) is 15.7. The Balaban J connectivity index is 1.63. The second kappa shape index (κ2) is 5.58. The molecule has 0 radical (unpaired) electrons. The fourth-order valence-corrected chi connectivity index (χ4v) is 5.75. The molecule has 134 valence electrons. The molecular weight excluding hydrogens is 324 g/mol. The lowest BCUT2D eigenvalue weighted by atomic mass is 9.86. The Morgan fingerprint density at radius 1 is 0.704 bits per heavy atom. The molecule has 0 bridgehead atoms. The summed E-state index contributed by atoms with van der Waals surface area (Å²) in [4.78, 5) is 0. The fraction of sp³-hybridized carbons (Fsp3) is 0.333. The van der Waals surface area contributed by atoms with E-state index in [0.29, 0.717) is 5.41 Å². The van der Waals surface area contributed by atoms with Crippen LogP contribution in [-0.4, -0.2) is 0 Å².